The minimum atomic E-state index is 0.754. The lowest BCUT2D eigenvalue weighted by Gasteiger charge is -2.31. The number of rotatable bonds is 6. The normalized spacial score (nSPS) is 17.4. The van der Waals surface area contributed by atoms with E-state index < -0.39 is 0 Å². The smallest absolute Gasteiger partial charge is 0.207 e. The van der Waals surface area contributed by atoms with Crippen LogP contribution in [-0.4, -0.2) is 67.8 Å². The topological polar surface area (TPSA) is 24.7 Å². The van der Waals surface area contributed by atoms with Crippen LogP contribution in [0.3, 0.4) is 0 Å². The standard InChI is InChI=1S/C31H33N2O2/c1-4-10-26(11-5-1)29(24-30(27-12-6-2-7-13-27)32-16-20-34-21-17-32)25-31(28-14-8-3-9-15-28)33-18-22-35-23-19-33/h1-15,24-25H,16-23H2/q+1. The van der Waals surface area contributed by atoms with Crippen molar-refractivity contribution in [1.82, 2.24) is 4.90 Å². The molecule has 0 spiro atoms. The Hall–Kier alpha value is -3.47. The quantitative estimate of drug-likeness (QED) is 0.379. The van der Waals surface area contributed by atoms with Crippen molar-refractivity contribution in [2.24, 2.45) is 0 Å². The molecular formula is C31H33N2O2+. The number of hydrogen-bond acceptors (Lipinski definition) is 3. The molecule has 178 valence electrons. The summed E-state index contributed by atoms with van der Waals surface area (Å²) < 4.78 is 13.8. The highest BCUT2D eigenvalue weighted by molar-refractivity contribution is 6.10. The Kier molecular flexibility index (Phi) is 7.84. The molecule has 0 radical (unpaired) electrons. The van der Waals surface area contributed by atoms with Gasteiger partial charge in [-0.15, -0.1) is 0 Å². The van der Waals surface area contributed by atoms with Crippen LogP contribution in [0, 0.1) is 0 Å². The summed E-state index contributed by atoms with van der Waals surface area (Å²) in [5.41, 5.74) is 7.32. The molecule has 0 bridgehead atoms. The van der Waals surface area contributed by atoms with E-state index in [4.69, 9.17) is 9.47 Å². The fourth-order valence-corrected chi connectivity index (χ4v) is 4.67. The van der Waals surface area contributed by atoms with Crippen molar-refractivity contribution < 1.29 is 14.0 Å². The molecule has 2 saturated heterocycles. The van der Waals surface area contributed by atoms with Crippen molar-refractivity contribution in [3.8, 4) is 0 Å². The van der Waals surface area contributed by atoms with Gasteiger partial charge in [0.15, 0.2) is 13.1 Å². The average Bonchev–Trinajstić information content (AvgIpc) is 2.95. The number of hydrogen-bond donors (Lipinski definition) is 0. The van der Waals surface area contributed by atoms with Gasteiger partial charge in [0.2, 0.25) is 5.71 Å². The lowest BCUT2D eigenvalue weighted by molar-refractivity contribution is -0.548. The molecule has 0 N–H and O–H groups in total. The van der Waals surface area contributed by atoms with E-state index in [9.17, 15) is 0 Å². The highest BCUT2D eigenvalue weighted by Gasteiger charge is 2.21. The van der Waals surface area contributed by atoms with E-state index in [1.807, 2.05) is 0 Å². The number of nitrogens with zero attached hydrogens (tertiary/aromatic N) is 2. The van der Waals surface area contributed by atoms with Gasteiger partial charge in [-0.05, 0) is 34.9 Å². The zero-order chi connectivity index (χ0) is 23.7. The Bertz CT molecular complexity index is 1170. The van der Waals surface area contributed by atoms with Crippen LogP contribution in [-0.2, 0) is 9.47 Å². The Balaban J connectivity index is 1.68. The monoisotopic (exact) mass is 465 g/mol. The first-order valence-corrected chi connectivity index (χ1v) is 12.5. The summed E-state index contributed by atoms with van der Waals surface area (Å²) in [5.74, 6) is 0. The van der Waals surface area contributed by atoms with Gasteiger partial charge in [0.1, 0.15) is 13.2 Å². The third kappa shape index (κ3) is 5.97. The van der Waals surface area contributed by atoms with Crippen LogP contribution in [0.15, 0.2) is 103 Å². The van der Waals surface area contributed by atoms with E-state index in [2.05, 4.69) is 113 Å². The average molecular weight is 466 g/mol. The summed E-state index contributed by atoms with van der Waals surface area (Å²) in [6.45, 7) is 6.58. The second kappa shape index (κ2) is 11.8. The van der Waals surface area contributed by atoms with Crippen molar-refractivity contribution in [2.45, 2.75) is 0 Å². The predicted molar refractivity (Wildman–Crippen MR) is 143 cm³/mol. The van der Waals surface area contributed by atoms with Crippen LogP contribution in [0.25, 0.3) is 11.3 Å². The minimum Gasteiger partial charge on any atom is -0.378 e. The van der Waals surface area contributed by atoms with Crippen molar-refractivity contribution >= 4 is 17.0 Å². The molecule has 0 aliphatic carbocycles. The summed E-state index contributed by atoms with van der Waals surface area (Å²) in [5, 5.41) is 0. The Morgan fingerprint density at radius 3 is 1.71 bits per heavy atom. The first kappa shape index (κ1) is 23.3. The Labute approximate surface area is 208 Å². The summed E-state index contributed by atoms with van der Waals surface area (Å²) in [7, 11) is 0. The van der Waals surface area contributed by atoms with Crippen LogP contribution in [0.5, 0.6) is 0 Å². The third-order valence-corrected chi connectivity index (χ3v) is 6.53. The molecule has 0 atom stereocenters. The minimum absolute atomic E-state index is 0.754. The second-order valence-electron chi connectivity index (χ2n) is 8.81. The van der Waals surface area contributed by atoms with Gasteiger partial charge in [0.05, 0.1) is 13.2 Å². The van der Waals surface area contributed by atoms with Crippen molar-refractivity contribution in [2.75, 3.05) is 52.6 Å². The SMILES string of the molecule is C(/C(c1ccccc1)=[N+]1CCOCC1)=C(\C=C(\c1ccccc1)N1CCOCC1)c1ccccc1. The molecular weight excluding hydrogens is 432 g/mol. The third-order valence-electron chi connectivity index (χ3n) is 6.53. The Morgan fingerprint density at radius 1 is 0.600 bits per heavy atom. The van der Waals surface area contributed by atoms with E-state index in [0.29, 0.717) is 0 Å². The van der Waals surface area contributed by atoms with E-state index in [-0.39, 0.29) is 0 Å². The van der Waals surface area contributed by atoms with Gasteiger partial charge >= 0.3 is 0 Å². The molecule has 0 amide bonds. The van der Waals surface area contributed by atoms with Crippen LogP contribution in [0.1, 0.15) is 16.7 Å². The van der Waals surface area contributed by atoms with Gasteiger partial charge in [-0.1, -0.05) is 78.9 Å². The number of benzene rings is 3. The van der Waals surface area contributed by atoms with Gasteiger partial charge in [-0.2, -0.15) is 0 Å². The first-order chi connectivity index (χ1) is 17.4. The van der Waals surface area contributed by atoms with Crippen LogP contribution in [0.2, 0.25) is 0 Å². The number of morpholine rings is 2. The zero-order valence-corrected chi connectivity index (χ0v) is 20.2. The number of ether oxygens (including phenoxy) is 2. The lowest BCUT2D eigenvalue weighted by Crippen LogP contribution is -2.35. The molecule has 2 fully saturated rings. The number of allylic oxidation sites excluding steroid dienone is 3. The van der Waals surface area contributed by atoms with Gasteiger partial charge in [-0.25, -0.2) is 4.58 Å². The highest BCUT2D eigenvalue weighted by atomic mass is 16.5. The first-order valence-electron chi connectivity index (χ1n) is 12.5. The van der Waals surface area contributed by atoms with E-state index in [1.54, 1.807) is 0 Å². The maximum atomic E-state index is 5.67. The van der Waals surface area contributed by atoms with Gasteiger partial charge in [0, 0.05) is 30.4 Å². The maximum Gasteiger partial charge on any atom is 0.207 e. The highest BCUT2D eigenvalue weighted by Crippen LogP contribution is 2.27. The molecule has 35 heavy (non-hydrogen) atoms. The molecule has 2 aliphatic heterocycles. The summed E-state index contributed by atoms with van der Waals surface area (Å²) in [6.07, 6.45) is 4.72. The maximum absolute atomic E-state index is 5.67. The van der Waals surface area contributed by atoms with Crippen LogP contribution in [0.4, 0.5) is 0 Å². The molecule has 2 heterocycles. The molecule has 4 nitrogen and oxygen atoms in total. The van der Waals surface area contributed by atoms with Crippen molar-refractivity contribution in [1.29, 1.82) is 0 Å². The molecule has 0 aromatic heterocycles. The summed E-state index contributed by atoms with van der Waals surface area (Å²) in [6, 6.07) is 32.1. The van der Waals surface area contributed by atoms with Crippen LogP contribution < -0.4 is 0 Å². The molecule has 2 aliphatic rings. The van der Waals surface area contributed by atoms with Gasteiger partial charge < -0.3 is 14.4 Å². The van der Waals surface area contributed by atoms with Gasteiger partial charge in [0.25, 0.3) is 0 Å². The molecule has 4 heteroatoms. The predicted octanol–water partition coefficient (Wildman–Crippen LogP) is 4.98. The molecule has 0 unspecified atom stereocenters. The van der Waals surface area contributed by atoms with Gasteiger partial charge in [-0.3, -0.25) is 0 Å². The Morgan fingerprint density at radius 2 is 1.11 bits per heavy atom. The summed E-state index contributed by atoms with van der Waals surface area (Å²) >= 11 is 0. The van der Waals surface area contributed by atoms with E-state index in [0.717, 1.165) is 52.6 Å². The zero-order valence-electron chi connectivity index (χ0n) is 20.2. The molecule has 3 aromatic carbocycles. The van der Waals surface area contributed by atoms with Crippen molar-refractivity contribution in [3.63, 3.8) is 0 Å². The summed E-state index contributed by atoms with van der Waals surface area (Å²) in [4.78, 5) is 2.45. The second-order valence-corrected chi connectivity index (χ2v) is 8.81. The lowest BCUT2D eigenvalue weighted by atomic mass is 9.98. The fourth-order valence-electron chi connectivity index (χ4n) is 4.67. The largest absolute Gasteiger partial charge is 0.378 e. The van der Waals surface area contributed by atoms with Crippen LogP contribution >= 0.6 is 0 Å². The molecule has 0 saturated carbocycles. The molecule has 3 aromatic rings. The van der Waals surface area contributed by atoms with E-state index >= 15 is 0 Å². The fraction of sp³-hybridized carbons (Fsp3) is 0.258. The van der Waals surface area contributed by atoms with Crippen molar-refractivity contribution in [3.05, 3.63) is 120 Å². The molecule has 5 rings (SSSR count). The van der Waals surface area contributed by atoms with E-state index in [1.165, 1.54) is 33.7 Å².